The fraction of sp³-hybridized carbons (Fsp3) is 0.600. The molecule has 1 aliphatic carbocycles. The first-order valence-electron chi connectivity index (χ1n) is 6.83. The van der Waals surface area contributed by atoms with Crippen LogP contribution in [0.3, 0.4) is 0 Å². The summed E-state index contributed by atoms with van der Waals surface area (Å²) < 4.78 is 11.4. The fourth-order valence-electron chi connectivity index (χ4n) is 2.42. The van der Waals surface area contributed by atoms with Crippen molar-refractivity contribution in [3.8, 4) is 11.5 Å². The zero-order valence-corrected chi connectivity index (χ0v) is 11.0. The summed E-state index contributed by atoms with van der Waals surface area (Å²) in [6.45, 7) is 3.36. The van der Waals surface area contributed by atoms with Crippen LogP contribution in [0, 0.1) is 5.92 Å². The zero-order valence-electron chi connectivity index (χ0n) is 11.0. The highest BCUT2D eigenvalue weighted by molar-refractivity contribution is 5.42. The molecule has 0 bridgehead atoms. The lowest BCUT2D eigenvalue weighted by Crippen LogP contribution is -2.09. The van der Waals surface area contributed by atoms with Crippen molar-refractivity contribution in [3.63, 3.8) is 0 Å². The smallest absolute Gasteiger partial charge is 0.161 e. The molecule has 2 rings (SSSR count). The standard InChI is InChI=1S/C15H22O3/c1-2-17-15-9-13(10-16)7-8-14(15)18-11-12-5-3-4-6-12/h7-9,12,16H,2-6,10-11H2,1H3. The molecule has 1 aliphatic rings. The average molecular weight is 250 g/mol. The SMILES string of the molecule is CCOc1cc(CO)ccc1OCC1CCCC1. The van der Waals surface area contributed by atoms with Gasteiger partial charge in [-0.15, -0.1) is 0 Å². The van der Waals surface area contributed by atoms with Crippen LogP contribution >= 0.6 is 0 Å². The Morgan fingerprint density at radius 3 is 2.61 bits per heavy atom. The summed E-state index contributed by atoms with van der Waals surface area (Å²) in [4.78, 5) is 0. The van der Waals surface area contributed by atoms with E-state index in [1.807, 2.05) is 25.1 Å². The highest BCUT2D eigenvalue weighted by Gasteiger charge is 2.16. The number of ether oxygens (including phenoxy) is 2. The van der Waals surface area contributed by atoms with Gasteiger partial charge in [-0.3, -0.25) is 0 Å². The van der Waals surface area contributed by atoms with Gasteiger partial charge in [0.1, 0.15) is 0 Å². The normalized spacial score (nSPS) is 15.9. The number of rotatable bonds is 6. The van der Waals surface area contributed by atoms with Crippen molar-refractivity contribution in [1.29, 1.82) is 0 Å². The largest absolute Gasteiger partial charge is 0.490 e. The Kier molecular flexibility index (Phi) is 4.88. The molecule has 3 heteroatoms. The van der Waals surface area contributed by atoms with Gasteiger partial charge in [-0.1, -0.05) is 18.9 Å². The minimum Gasteiger partial charge on any atom is -0.490 e. The van der Waals surface area contributed by atoms with E-state index in [1.54, 1.807) is 0 Å². The Bertz CT molecular complexity index is 370. The van der Waals surface area contributed by atoms with Crippen LogP contribution in [-0.2, 0) is 6.61 Å². The van der Waals surface area contributed by atoms with Crippen LogP contribution in [0.4, 0.5) is 0 Å². The van der Waals surface area contributed by atoms with E-state index in [1.165, 1.54) is 25.7 Å². The van der Waals surface area contributed by atoms with Gasteiger partial charge in [0.25, 0.3) is 0 Å². The van der Waals surface area contributed by atoms with E-state index in [0.29, 0.717) is 12.5 Å². The van der Waals surface area contributed by atoms with Crippen LogP contribution in [0.25, 0.3) is 0 Å². The minimum atomic E-state index is 0.0307. The summed E-state index contributed by atoms with van der Waals surface area (Å²) in [6.07, 6.45) is 5.21. The number of hydrogen-bond donors (Lipinski definition) is 1. The molecule has 0 unspecified atom stereocenters. The first-order chi connectivity index (χ1) is 8.83. The molecule has 1 saturated carbocycles. The Hall–Kier alpha value is -1.22. The maximum atomic E-state index is 9.13. The minimum absolute atomic E-state index is 0.0307. The second-order valence-electron chi connectivity index (χ2n) is 4.83. The third kappa shape index (κ3) is 3.39. The van der Waals surface area contributed by atoms with E-state index < -0.39 is 0 Å². The van der Waals surface area contributed by atoms with Crippen LogP contribution in [0.15, 0.2) is 18.2 Å². The van der Waals surface area contributed by atoms with Crippen molar-refractivity contribution in [2.45, 2.75) is 39.2 Å². The maximum Gasteiger partial charge on any atom is 0.161 e. The predicted octanol–water partition coefficient (Wildman–Crippen LogP) is 3.15. The molecule has 0 spiro atoms. The molecule has 0 atom stereocenters. The average Bonchev–Trinajstić information content (AvgIpc) is 2.90. The predicted molar refractivity (Wildman–Crippen MR) is 71.0 cm³/mol. The number of hydrogen-bond acceptors (Lipinski definition) is 3. The van der Waals surface area contributed by atoms with Crippen LogP contribution in [0.2, 0.25) is 0 Å². The van der Waals surface area contributed by atoms with Gasteiger partial charge in [-0.2, -0.15) is 0 Å². The molecule has 0 saturated heterocycles. The molecule has 3 nitrogen and oxygen atoms in total. The quantitative estimate of drug-likeness (QED) is 0.843. The van der Waals surface area contributed by atoms with E-state index in [4.69, 9.17) is 14.6 Å². The zero-order chi connectivity index (χ0) is 12.8. The first kappa shape index (κ1) is 13.2. The summed E-state index contributed by atoms with van der Waals surface area (Å²) in [7, 11) is 0. The third-order valence-electron chi connectivity index (χ3n) is 3.44. The van der Waals surface area contributed by atoms with Gasteiger partial charge in [-0.25, -0.2) is 0 Å². The molecule has 100 valence electrons. The van der Waals surface area contributed by atoms with Gasteiger partial charge in [-0.05, 0) is 43.4 Å². The summed E-state index contributed by atoms with van der Waals surface area (Å²) in [5, 5.41) is 9.13. The number of benzene rings is 1. The van der Waals surface area contributed by atoms with Crippen molar-refractivity contribution < 1.29 is 14.6 Å². The summed E-state index contributed by atoms with van der Waals surface area (Å²) >= 11 is 0. The topological polar surface area (TPSA) is 38.7 Å². The highest BCUT2D eigenvalue weighted by atomic mass is 16.5. The van der Waals surface area contributed by atoms with Gasteiger partial charge < -0.3 is 14.6 Å². The molecule has 0 radical (unpaired) electrons. The molecular weight excluding hydrogens is 228 g/mol. The summed E-state index contributed by atoms with van der Waals surface area (Å²) in [5.74, 6) is 2.22. The lowest BCUT2D eigenvalue weighted by Gasteiger charge is -2.15. The Morgan fingerprint density at radius 2 is 1.94 bits per heavy atom. The molecule has 0 aliphatic heterocycles. The van der Waals surface area contributed by atoms with E-state index >= 15 is 0 Å². The van der Waals surface area contributed by atoms with Crippen LogP contribution in [0.5, 0.6) is 11.5 Å². The van der Waals surface area contributed by atoms with Gasteiger partial charge >= 0.3 is 0 Å². The molecule has 1 fully saturated rings. The highest BCUT2D eigenvalue weighted by Crippen LogP contribution is 2.31. The second-order valence-corrected chi connectivity index (χ2v) is 4.83. The van der Waals surface area contributed by atoms with Gasteiger partial charge in [0.15, 0.2) is 11.5 Å². The van der Waals surface area contributed by atoms with Crippen molar-refractivity contribution >= 4 is 0 Å². The number of aliphatic hydroxyl groups is 1. The molecule has 1 aromatic rings. The molecule has 18 heavy (non-hydrogen) atoms. The van der Waals surface area contributed by atoms with Crippen molar-refractivity contribution in [2.24, 2.45) is 5.92 Å². The van der Waals surface area contributed by atoms with E-state index in [2.05, 4.69) is 0 Å². The first-order valence-corrected chi connectivity index (χ1v) is 6.83. The van der Waals surface area contributed by atoms with E-state index in [9.17, 15) is 0 Å². The van der Waals surface area contributed by atoms with Crippen LogP contribution < -0.4 is 9.47 Å². The van der Waals surface area contributed by atoms with Gasteiger partial charge in [0, 0.05) is 0 Å². The third-order valence-corrected chi connectivity index (χ3v) is 3.44. The van der Waals surface area contributed by atoms with Gasteiger partial charge in [0.2, 0.25) is 0 Å². The van der Waals surface area contributed by atoms with E-state index in [-0.39, 0.29) is 6.61 Å². The van der Waals surface area contributed by atoms with Crippen molar-refractivity contribution in [1.82, 2.24) is 0 Å². The van der Waals surface area contributed by atoms with Crippen molar-refractivity contribution in [3.05, 3.63) is 23.8 Å². The van der Waals surface area contributed by atoms with E-state index in [0.717, 1.165) is 23.7 Å². The lowest BCUT2D eigenvalue weighted by atomic mass is 10.1. The summed E-state index contributed by atoms with van der Waals surface area (Å²) in [6, 6.07) is 5.63. The Labute approximate surface area is 109 Å². The summed E-state index contributed by atoms with van der Waals surface area (Å²) in [5.41, 5.74) is 0.853. The molecule has 0 amide bonds. The van der Waals surface area contributed by atoms with Crippen molar-refractivity contribution in [2.75, 3.05) is 13.2 Å². The molecule has 1 N–H and O–H groups in total. The molecule has 1 aromatic carbocycles. The van der Waals surface area contributed by atoms with Gasteiger partial charge in [0.05, 0.1) is 19.8 Å². The lowest BCUT2D eigenvalue weighted by molar-refractivity contribution is 0.233. The fourth-order valence-corrected chi connectivity index (χ4v) is 2.42. The molecule has 0 aromatic heterocycles. The second kappa shape index (κ2) is 6.64. The van der Waals surface area contributed by atoms with Crippen LogP contribution in [-0.4, -0.2) is 18.3 Å². The molecular formula is C15H22O3. The Balaban J connectivity index is 2.00. The Morgan fingerprint density at radius 1 is 1.17 bits per heavy atom. The monoisotopic (exact) mass is 250 g/mol. The van der Waals surface area contributed by atoms with Crippen LogP contribution in [0.1, 0.15) is 38.2 Å². The number of aliphatic hydroxyl groups excluding tert-OH is 1. The maximum absolute atomic E-state index is 9.13. The molecule has 0 heterocycles.